The molecule has 24 heavy (non-hydrogen) atoms. The van der Waals surface area contributed by atoms with E-state index in [2.05, 4.69) is 0 Å². The molecule has 0 radical (unpaired) electrons. The maximum Gasteiger partial charge on any atom is 2.00 e. The second kappa shape index (κ2) is 14.0. The van der Waals surface area contributed by atoms with Gasteiger partial charge >= 0.3 is 20.4 Å². The van der Waals surface area contributed by atoms with Crippen molar-refractivity contribution >= 4 is 28.8 Å². The molecule has 0 saturated heterocycles. The SMILES string of the molecule is C1CCC(PC2CCCCC2)CC1.CS(=O)(=O)[O-].CS(=O)(=O)[O-].[Pd+2]. The molecule has 0 atom stereocenters. The van der Waals surface area contributed by atoms with Crippen LogP contribution in [-0.4, -0.2) is 49.8 Å². The van der Waals surface area contributed by atoms with Gasteiger partial charge in [0.25, 0.3) is 0 Å². The molecule has 2 saturated carbocycles. The zero-order valence-electron chi connectivity index (χ0n) is 14.3. The Labute approximate surface area is 162 Å². The van der Waals surface area contributed by atoms with Gasteiger partial charge in [-0.3, -0.25) is 0 Å². The summed E-state index contributed by atoms with van der Waals surface area (Å²) in [5.74, 6) is 0. The standard InChI is InChI=1S/C12H23P.2CH4O3S.Pd/c1-3-7-11(8-4-1)13-12-9-5-2-6-10-12;2*1-5(2,3)4;/h11-13H,1-10H2;2*1H3,(H,2,3,4);/q;;;+2/p-2. The van der Waals surface area contributed by atoms with E-state index in [0.29, 0.717) is 12.5 Å². The third-order valence-corrected chi connectivity index (χ3v) is 5.78. The average molecular weight is 495 g/mol. The minimum absolute atomic E-state index is 0. The molecule has 2 rings (SSSR count). The molecule has 0 heterocycles. The van der Waals surface area contributed by atoms with Crippen LogP contribution in [0, 0.1) is 0 Å². The van der Waals surface area contributed by atoms with Crippen LogP contribution in [0.15, 0.2) is 0 Å². The first-order valence-corrected chi connectivity index (χ1v) is 12.8. The number of hydrogen-bond donors (Lipinski definition) is 0. The van der Waals surface area contributed by atoms with Crippen LogP contribution in [0.1, 0.15) is 64.2 Å². The Kier molecular flexibility index (Phi) is 15.9. The van der Waals surface area contributed by atoms with E-state index in [1.54, 1.807) is 25.7 Å². The maximum absolute atomic E-state index is 9.08. The Morgan fingerprint density at radius 1 is 0.667 bits per heavy atom. The topological polar surface area (TPSA) is 114 Å². The monoisotopic (exact) mass is 494 g/mol. The second-order valence-electron chi connectivity index (χ2n) is 6.24. The summed E-state index contributed by atoms with van der Waals surface area (Å²) in [6, 6.07) is 0. The van der Waals surface area contributed by atoms with Crippen LogP contribution >= 0.6 is 8.58 Å². The van der Waals surface area contributed by atoms with Crippen LogP contribution in [0.3, 0.4) is 0 Å². The van der Waals surface area contributed by atoms with Crippen molar-refractivity contribution < 1.29 is 46.4 Å². The first-order valence-electron chi connectivity index (χ1n) is 8.03. The molecule has 0 aromatic heterocycles. The summed E-state index contributed by atoms with van der Waals surface area (Å²) >= 11 is 0. The van der Waals surface area contributed by atoms with Crippen molar-refractivity contribution in [3.8, 4) is 0 Å². The first kappa shape index (κ1) is 27.1. The van der Waals surface area contributed by atoms with Crippen LogP contribution in [-0.2, 0) is 40.7 Å². The van der Waals surface area contributed by atoms with Gasteiger partial charge in [0.05, 0.1) is 20.2 Å². The molecule has 0 bridgehead atoms. The second-order valence-corrected chi connectivity index (χ2v) is 11.0. The molecule has 0 N–H and O–H groups in total. The quantitative estimate of drug-likeness (QED) is 0.331. The van der Waals surface area contributed by atoms with Gasteiger partial charge in [0.2, 0.25) is 0 Å². The third-order valence-electron chi connectivity index (χ3n) is 3.68. The molecule has 0 aromatic rings. The van der Waals surface area contributed by atoms with Crippen LogP contribution in [0.2, 0.25) is 0 Å². The van der Waals surface area contributed by atoms with Crippen molar-refractivity contribution in [1.82, 2.24) is 0 Å². The van der Waals surface area contributed by atoms with E-state index in [-0.39, 0.29) is 20.4 Å². The van der Waals surface area contributed by atoms with Gasteiger partial charge in [-0.05, 0) is 37.0 Å². The normalized spacial score (nSPS) is 19.8. The van der Waals surface area contributed by atoms with Gasteiger partial charge in [-0.1, -0.05) is 38.5 Å². The molecular formula is C14H29O6PPdS2. The molecule has 0 amide bonds. The van der Waals surface area contributed by atoms with Gasteiger partial charge in [0.15, 0.2) is 0 Å². The minimum Gasteiger partial charge on any atom is -0.748 e. The Bertz CT molecular complexity index is 435. The van der Waals surface area contributed by atoms with E-state index in [9.17, 15) is 0 Å². The molecule has 0 spiro atoms. The fourth-order valence-electron chi connectivity index (χ4n) is 2.87. The summed E-state index contributed by atoms with van der Waals surface area (Å²) in [5.41, 5.74) is 2.30. The Morgan fingerprint density at radius 3 is 1.08 bits per heavy atom. The number of hydrogen-bond acceptors (Lipinski definition) is 6. The molecule has 148 valence electrons. The van der Waals surface area contributed by atoms with Crippen molar-refractivity contribution in [2.75, 3.05) is 12.5 Å². The molecule has 0 aliphatic heterocycles. The minimum atomic E-state index is -3.92. The van der Waals surface area contributed by atoms with Crippen LogP contribution in [0.25, 0.3) is 0 Å². The van der Waals surface area contributed by atoms with E-state index < -0.39 is 20.2 Å². The largest absolute Gasteiger partial charge is 2.00 e. The molecular weight excluding hydrogens is 466 g/mol. The molecule has 10 heteroatoms. The first-order chi connectivity index (χ1) is 10.4. The maximum atomic E-state index is 9.08. The van der Waals surface area contributed by atoms with Crippen molar-refractivity contribution in [2.24, 2.45) is 0 Å². The van der Waals surface area contributed by atoms with Gasteiger partial charge in [-0.2, -0.15) is 0 Å². The smallest absolute Gasteiger partial charge is 0.748 e. The van der Waals surface area contributed by atoms with Gasteiger partial charge in [0.1, 0.15) is 0 Å². The molecule has 0 unspecified atom stereocenters. The summed E-state index contributed by atoms with van der Waals surface area (Å²) in [7, 11) is -6.50. The summed E-state index contributed by atoms with van der Waals surface area (Å²) in [6.07, 6.45) is 16.6. The third kappa shape index (κ3) is 25.2. The van der Waals surface area contributed by atoms with E-state index in [1.165, 1.54) is 47.1 Å². The van der Waals surface area contributed by atoms with E-state index >= 15 is 0 Å². The van der Waals surface area contributed by atoms with Gasteiger partial charge in [-0.15, -0.1) is 8.58 Å². The summed E-state index contributed by atoms with van der Waals surface area (Å²) in [4.78, 5) is 0. The molecule has 2 fully saturated rings. The van der Waals surface area contributed by atoms with E-state index in [0.717, 1.165) is 11.3 Å². The summed E-state index contributed by atoms with van der Waals surface area (Å²) < 4.78 is 54.5. The molecule has 2 aliphatic rings. The van der Waals surface area contributed by atoms with Gasteiger partial charge in [-0.25, -0.2) is 16.8 Å². The van der Waals surface area contributed by atoms with E-state index in [4.69, 9.17) is 25.9 Å². The van der Waals surface area contributed by atoms with Crippen molar-refractivity contribution in [3.05, 3.63) is 0 Å². The predicted octanol–water partition coefficient (Wildman–Crippen LogP) is 2.65. The Balaban J connectivity index is 0. The predicted molar refractivity (Wildman–Crippen MR) is 93.3 cm³/mol. The zero-order valence-corrected chi connectivity index (χ0v) is 18.5. The average Bonchev–Trinajstić information content (AvgIpc) is 2.37. The summed E-state index contributed by atoms with van der Waals surface area (Å²) in [6.45, 7) is 0. The van der Waals surface area contributed by atoms with Crippen molar-refractivity contribution in [1.29, 1.82) is 0 Å². The fourth-order valence-corrected chi connectivity index (χ4v) is 5.02. The Morgan fingerprint density at radius 2 is 0.875 bits per heavy atom. The molecule has 0 aromatic carbocycles. The molecule has 6 nitrogen and oxygen atoms in total. The van der Waals surface area contributed by atoms with Crippen LogP contribution in [0.4, 0.5) is 0 Å². The van der Waals surface area contributed by atoms with Gasteiger partial charge < -0.3 is 9.11 Å². The fraction of sp³-hybridized carbons (Fsp3) is 1.00. The summed E-state index contributed by atoms with van der Waals surface area (Å²) in [5, 5.41) is 0. The van der Waals surface area contributed by atoms with Crippen molar-refractivity contribution in [2.45, 2.75) is 75.5 Å². The van der Waals surface area contributed by atoms with Gasteiger partial charge in [0, 0.05) is 12.5 Å². The number of rotatable bonds is 2. The Hall–Kier alpha value is 0.912. The molecule has 2 aliphatic carbocycles. The van der Waals surface area contributed by atoms with Crippen LogP contribution < -0.4 is 0 Å². The van der Waals surface area contributed by atoms with Crippen LogP contribution in [0.5, 0.6) is 0 Å². The van der Waals surface area contributed by atoms with Crippen molar-refractivity contribution in [3.63, 3.8) is 0 Å². The zero-order chi connectivity index (χ0) is 17.9. The van der Waals surface area contributed by atoms with E-state index in [1.807, 2.05) is 0 Å².